The highest BCUT2D eigenvalue weighted by Gasteiger charge is 2.30. The summed E-state index contributed by atoms with van der Waals surface area (Å²) in [7, 11) is 0. The molecule has 2 aliphatic rings. The van der Waals surface area contributed by atoms with Crippen molar-refractivity contribution < 1.29 is 14.3 Å². The summed E-state index contributed by atoms with van der Waals surface area (Å²) in [5.41, 5.74) is 1.08. The van der Waals surface area contributed by atoms with Gasteiger partial charge in [0, 0.05) is 45.3 Å². The monoisotopic (exact) mass is 359 g/mol. The highest BCUT2D eigenvalue weighted by atomic mass is 16.6. The van der Waals surface area contributed by atoms with Crippen molar-refractivity contribution in [3.63, 3.8) is 0 Å². The van der Waals surface area contributed by atoms with Crippen molar-refractivity contribution in [2.75, 3.05) is 45.9 Å². The van der Waals surface area contributed by atoms with E-state index in [9.17, 15) is 9.59 Å². The number of amides is 2. The number of rotatable bonds is 4. The normalized spacial score (nSPS) is 19.4. The van der Waals surface area contributed by atoms with Crippen LogP contribution in [0.15, 0.2) is 30.3 Å². The van der Waals surface area contributed by atoms with Gasteiger partial charge in [-0.15, -0.1) is 0 Å². The molecule has 0 aliphatic carbocycles. The number of piperazine rings is 1. The molecule has 0 unspecified atom stereocenters. The van der Waals surface area contributed by atoms with E-state index in [0.717, 1.165) is 57.7 Å². The van der Waals surface area contributed by atoms with Gasteiger partial charge in [-0.05, 0) is 25.3 Å². The van der Waals surface area contributed by atoms with E-state index in [1.54, 1.807) is 4.90 Å². The zero-order valence-electron chi connectivity index (χ0n) is 15.6. The van der Waals surface area contributed by atoms with Gasteiger partial charge in [-0.25, -0.2) is 4.79 Å². The number of ether oxygens (including phenoxy) is 1. The largest absolute Gasteiger partial charge is 0.450 e. The smallest absolute Gasteiger partial charge is 0.409 e. The summed E-state index contributed by atoms with van der Waals surface area (Å²) in [5, 5.41) is 0. The predicted molar refractivity (Wildman–Crippen MR) is 99.9 cm³/mol. The molecule has 2 aliphatic heterocycles. The van der Waals surface area contributed by atoms with Crippen molar-refractivity contribution in [3.8, 4) is 0 Å². The van der Waals surface area contributed by atoms with E-state index < -0.39 is 0 Å². The fourth-order valence-corrected chi connectivity index (χ4v) is 3.85. The highest BCUT2D eigenvalue weighted by molar-refractivity contribution is 5.78. The third-order valence-electron chi connectivity index (χ3n) is 5.37. The zero-order valence-corrected chi connectivity index (χ0v) is 15.6. The first-order valence-electron chi connectivity index (χ1n) is 9.65. The van der Waals surface area contributed by atoms with Crippen LogP contribution in [0.3, 0.4) is 0 Å². The minimum Gasteiger partial charge on any atom is -0.450 e. The number of carbonyl (C=O) groups excluding carboxylic acids is 2. The molecule has 3 rings (SSSR count). The number of hydrogen-bond acceptors (Lipinski definition) is 4. The molecule has 1 aromatic rings. The van der Waals surface area contributed by atoms with E-state index in [1.165, 1.54) is 0 Å². The molecule has 0 spiro atoms. The number of carbonyl (C=O) groups is 2. The summed E-state index contributed by atoms with van der Waals surface area (Å²) in [6.45, 7) is 7.22. The molecule has 0 bridgehead atoms. The topological polar surface area (TPSA) is 53.1 Å². The van der Waals surface area contributed by atoms with Crippen molar-refractivity contribution in [1.29, 1.82) is 0 Å². The number of nitrogens with zero attached hydrogens (tertiary/aromatic N) is 3. The van der Waals surface area contributed by atoms with Gasteiger partial charge in [-0.3, -0.25) is 9.69 Å². The number of benzene rings is 1. The Bertz CT molecular complexity index is 592. The Hall–Kier alpha value is -2.08. The van der Waals surface area contributed by atoms with E-state index in [2.05, 4.69) is 4.90 Å². The first-order chi connectivity index (χ1) is 12.7. The molecule has 0 radical (unpaired) electrons. The minimum absolute atomic E-state index is 0.192. The predicted octanol–water partition coefficient (Wildman–Crippen LogP) is 1.99. The van der Waals surface area contributed by atoms with Gasteiger partial charge in [-0.1, -0.05) is 30.3 Å². The fraction of sp³-hybridized carbons (Fsp3) is 0.600. The molecule has 0 N–H and O–H groups in total. The Morgan fingerprint density at radius 1 is 0.962 bits per heavy atom. The minimum atomic E-state index is -0.192. The Kier molecular flexibility index (Phi) is 6.50. The first kappa shape index (κ1) is 18.7. The number of likely N-dealkylation sites (tertiary alicyclic amines) is 1. The van der Waals surface area contributed by atoms with Crippen LogP contribution in [0.5, 0.6) is 0 Å². The number of piperidine rings is 1. The zero-order chi connectivity index (χ0) is 18.4. The van der Waals surface area contributed by atoms with E-state index in [-0.39, 0.29) is 12.0 Å². The van der Waals surface area contributed by atoms with Gasteiger partial charge in [0.1, 0.15) is 0 Å². The highest BCUT2D eigenvalue weighted by Crippen LogP contribution is 2.19. The molecule has 2 saturated heterocycles. The lowest BCUT2D eigenvalue weighted by Gasteiger charge is -2.42. The summed E-state index contributed by atoms with van der Waals surface area (Å²) in [5.74, 6) is 0.216. The third-order valence-corrected chi connectivity index (χ3v) is 5.37. The van der Waals surface area contributed by atoms with Gasteiger partial charge < -0.3 is 14.5 Å². The second kappa shape index (κ2) is 9.03. The molecular weight excluding hydrogens is 330 g/mol. The fourth-order valence-electron chi connectivity index (χ4n) is 3.85. The maximum absolute atomic E-state index is 12.5. The van der Waals surface area contributed by atoms with E-state index >= 15 is 0 Å². The Morgan fingerprint density at radius 3 is 2.23 bits per heavy atom. The van der Waals surface area contributed by atoms with Crippen LogP contribution in [0.4, 0.5) is 4.79 Å². The Labute approximate surface area is 155 Å². The average molecular weight is 359 g/mol. The molecule has 0 atom stereocenters. The van der Waals surface area contributed by atoms with Crippen molar-refractivity contribution in [3.05, 3.63) is 35.9 Å². The molecule has 2 amide bonds. The van der Waals surface area contributed by atoms with Crippen molar-refractivity contribution >= 4 is 12.0 Å². The Balaban J connectivity index is 1.41. The maximum Gasteiger partial charge on any atom is 0.409 e. The quantitative estimate of drug-likeness (QED) is 0.825. The van der Waals surface area contributed by atoms with Crippen molar-refractivity contribution in [2.45, 2.75) is 32.2 Å². The SMILES string of the molecule is CCOC(=O)N1CCC(N2CCN(C(=O)Cc3ccccc3)CC2)CC1. The van der Waals surface area contributed by atoms with Gasteiger partial charge in [0.25, 0.3) is 0 Å². The molecule has 142 valence electrons. The lowest BCUT2D eigenvalue weighted by Crippen LogP contribution is -2.55. The molecule has 2 fully saturated rings. The molecule has 26 heavy (non-hydrogen) atoms. The van der Waals surface area contributed by atoms with Crippen LogP contribution in [0, 0.1) is 0 Å². The van der Waals surface area contributed by atoms with Gasteiger partial charge in [0.05, 0.1) is 13.0 Å². The summed E-state index contributed by atoms with van der Waals surface area (Å²) in [6, 6.07) is 10.4. The van der Waals surface area contributed by atoms with Crippen LogP contribution in [0.25, 0.3) is 0 Å². The molecule has 6 heteroatoms. The summed E-state index contributed by atoms with van der Waals surface area (Å²) < 4.78 is 5.08. The van der Waals surface area contributed by atoms with Gasteiger partial charge in [-0.2, -0.15) is 0 Å². The van der Waals surface area contributed by atoms with E-state index in [0.29, 0.717) is 19.1 Å². The van der Waals surface area contributed by atoms with Gasteiger partial charge >= 0.3 is 6.09 Å². The lowest BCUT2D eigenvalue weighted by atomic mass is 10.0. The van der Waals surface area contributed by atoms with Crippen LogP contribution >= 0.6 is 0 Å². The van der Waals surface area contributed by atoms with Gasteiger partial charge in [0.15, 0.2) is 0 Å². The van der Waals surface area contributed by atoms with Crippen LogP contribution < -0.4 is 0 Å². The molecule has 0 aromatic heterocycles. The molecule has 1 aromatic carbocycles. The maximum atomic E-state index is 12.5. The Morgan fingerprint density at radius 2 is 1.62 bits per heavy atom. The van der Waals surface area contributed by atoms with E-state index in [1.807, 2.05) is 42.2 Å². The van der Waals surface area contributed by atoms with Gasteiger partial charge in [0.2, 0.25) is 5.91 Å². The molecule has 2 heterocycles. The standard InChI is InChI=1S/C20H29N3O3/c1-2-26-20(25)23-10-8-18(9-11-23)21-12-14-22(15-13-21)19(24)16-17-6-4-3-5-7-17/h3-7,18H,2,8-16H2,1H3. The number of hydrogen-bond donors (Lipinski definition) is 0. The molecular formula is C20H29N3O3. The second-order valence-electron chi connectivity index (χ2n) is 7.00. The van der Waals surface area contributed by atoms with Crippen LogP contribution in [-0.4, -0.2) is 78.6 Å². The summed E-state index contributed by atoms with van der Waals surface area (Å²) in [4.78, 5) is 30.5. The first-order valence-corrected chi connectivity index (χ1v) is 9.65. The lowest BCUT2D eigenvalue weighted by molar-refractivity contribution is -0.132. The molecule has 6 nitrogen and oxygen atoms in total. The third kappa shape index (κ3) is 4.75. The van der Waals surface area contributed by atoms with Crippen LogP contribution in [0.2, 0.25) is 0 Å². The summed E-state index contributed by atoms with van der Waals surface area (Å²) >= 11 is 0. The average Bonchev–Trinajstić information content (AvgIpc) is 2.69. The van der Waals surface area contributed by atoms with Crippen molar-refractivity contribution in [2.24, 2.45) is 0 Å². The van der Waals surface area contributed by atoms with E-state index in [4.69, 9.17) is 4.74 Å². The van der Waals surface area contributed by atoms with Crippen LogP contribution in [-0.2, 0) is 16.0 Å². The summed E-state index contributed by atoms with van der Waals surface area (Å²) in [6.07, 6.45) is 2.26. The van der Waals surface area contributed by atoms with Crippen LogP contribution in [0.1, 0.15) is 25.3 Å². The molecule has 0 saturated carbocycles. The second-order valence-corrected chi connectivity index (χ2v) is 7.00. The van der Waals surface area contributed by atoms with Crippen molar-refractivity contribution in [1.82, 2.24) is 14.7 Å².